The van der Waals surface area contributed by atoms with Gasteiger partial charge in [-0.05, 0) is 54.8 Å². The molecule has 138 valence electrons. The van der Waals surface area contributed by atoms with Crippen LogP contribution in [0.1, 0.15) is 41.4 Å². The van der Waals surface area contributed by atoms with Crippen LogP contribution in [0.15, 0.2) is 60.7 Å². The van der Waals surface area contributed by atoms with Crippen molar-refractivity contribution in [3.63, 3.8) is 0 Å². The fourth-order valence-electron chi connectivity index (χ4n) is 2.68. The molecular formula is C22H21FN2O2. The molecule has 1 N–H and O–H groups in total. The molecule has 0 spiro atoms. The molecule has 0 saturated heterocycles. The van der Waals surface area contributed by atoms with Crippen molar-refractivity contribution in [1.82, 2.24) is 4.98 Å². The standard InChI is InChI=1S/C22H21FN2O2/c1-14(2)16-6-4-8-18(12-16)27-19-9-5-7-17(13-19)25-22(26)20-10-11-21(23)24-15(20)3/h4-14H,1-3H3,(H,25,26). The Balaban J connectivity index is 1.75. The van der Waals surface area contributed by atoms with Crippen molar-refractivity contribution in [2.45, 2.75) is 26.7 Å². The van der Waals surface area contributed by atoms with Gasteiger partial charge in [0.1, 0.15) is 11.5 Å². The molecule has 0 aliphatic carbocycles. The topological polar surface area (TPSA) is 51.2 Å². The molecule has 3 aromatic rings. The Labute approximate surface area is 158 Å². The molecule has 0 radical (unpaired) electrons. The highest BCUT2D eigenvalue weighted by molar-refractivity contribution is 6.05. The van der Waals surface area contributed by atoms with Crippen molar-refractivity contribution in [1.29, 1.82) is 0 Å². The summed E-state index contributed by atoms with van der Waals surface area (Å²) < 4.78 is 19.0. The van der Waals surface area contributed by atoms with Crippen molar-refractivity contribution in [3.8, 4) is 11.5 Å². The summed E-state index contributed by atoms with van der Waals surface area (Å²) in [5.74, 6) is 0.805. The number of aromatic nitrogens is 1. The molecule has 0 atom stereocenters. The summed E-state index contributed by atoms with van der Waals surface area (Å²) in [5, 5.41) is 2.79. The molecular weight excluding hydrogens is 343 g/mol. The van der Waals surface area contributed by atoms with Crippen molar-refractivity contribution in [2.75, 3.05) is 5.32 Å². The Morgan fingerprint density at radius 1 is 1.04 bits per heavy atom. The minimum Gasteiger partial charge on any atom is -0.457 e. The van der Waals surface area contributed by atoms with Gasteiger partial charge in [-0.3, -0.25) is 4.79 Å². The van der Waals surface area contributed by atoms with E-state index in [1.807, 2.05) is 24.3 Å². The number of aryl methyl sites for hydroxylation is 1. The van der Waals surface area contributed by atoms with E-state index in [9.17, 15) is 9.18 Å². The van der Waals surface area contributed by atoms with Crippen LogP contribution < -0.4 is 10.1 Å². The number of benzene rings is 2. The maximum Gasteiger partial charge on any atom is 0.257 e. The zero-order valence-electron chi connectivity index (χ0n) is 15.5. The third-order valence-corrected chi connectivity index (χ3v) is 4.15. The third-order valence-electron chi connectivity index (χ3n) is 4.15. The number of carbonyl (C=O) groups excluding carboxylic acids is 1. The van der Waals surface area contributed by atoms with Gasteiger partial charge in [0, 0.05) is 11.8 Å². The fourth-order valence-corrected chi connectivity index (χ4v) is 2.68. The Morgan fingerprint density at radius 3 is 2.44 bits per heavy atom. The summed E-state index contributed by atoms with van der Waals surface area (Å²) in [6.45, 7) is 5.85. The number of rotatable bonds is 5. The van der Waals surface area contributed by atoms with Gasteiger partial charge in [0.2, 0.25) is 5.95 Å². The van der Waals surface area contributed by atoms with Crippen LogP contribution in [0.25, 0.3) is 0 Å². The van der Waals surface area contributed by atoms with Gasteiger partial charge in [-0.2, -0.15) is 4.39 Å². The predicted octanol–water partition coefficient (Wildman–Crippen LogP) is 5.70. The van der Waals surface area contributed by atoms with Crippen LogP contribution >= 0.6 is 0 Å². The normalized spacial score (nSPS) is 10.7. The molecule has 3 rings (SSSR count). The summed E-state index contributed by atoms with van der Waals surface area (Å²) in [7, 11) is 0. The van der Waals surface area contributed by atoms with Crippen molar-refractivity contribution in [3.05, 3.63) is 83.4 Å². The molecule has 0 aliphatic heterocycles. The largest absolute Gasteiger partial charge is 0.457 e. The van der Waals surface area contributed by atoms with Crippen molar-refractivity contribution >= 4 is 11.6 Å². The van der Waals surface area contributed by atoms with E-state index in [0.717, 1.165) is 5.75 Å². The molecule has 1 amide bonds. The summed E-state index contributed by atoms with van der Waals surface area (Å²) >= 11 is 0. The van der Waals surface area contributed by atoms with Gasteiger partial charge in [0.15, 0.2) is 0 Å². The maximum absolute atomic E-state index is 13.1. The van der Waals surface area contributed by atoms with E-state index in [1.165, 1.54) is 17.7 Å². The average molecular weight is 364 g/mol. The lowest BCUT2D eigenvalue weighted by Crippen LogP contribution is -2.14. The second-order valence-electron chi connectivity index (χ2n) is 6.58. The number of hydrogen-bond acceptors (Lipinski definition) is 3. The summed E-state index contributed by atoms with van der Waals surface area (Å²) in [5.41, 5.74) is 2.44. The molecule has 1 heterocycles. The Hall–Kier alpha value is -3.21. The average Bonchev–Trinajstić information content (AvgIpc) is 2.62. The molecule has 0 fully saturated rings. The number of carbonyl (C=O) groups is 1. The van der Waals surface area contributed by atoms with Gasteiger partial charge >= 0.3 is 0 Å². The first-order valence-electron chi connectivity index (χ1n) is 8.75. The van der Waals surface area contributed by atoms with E-state index in [2.05, 4.69) is 30.2 Å². The van der Waals surface area contributed by atoms with Crippen molar-refractivity contribution < 1.29 is 13.9 Å². The van der Waals surface area contributed by atoms with Crippen LogP contribution in [-0.4, -0.2) is 10.9 Å². The van der Waals surface area contributed by atoms with E-state index in [-0.39, 0.29) is 5.91 Å². The van der Waals surface area contributed by atoms with Gasteiger partial charge < -0.3 is 10.1 Å². The first-order valence-corrected chi connectivity index (χ1v) is 8.75. The molecule has 2 aromatic carbocycles. The van der Waals surface area contributed by atoms with Crippen LogP contribution in [0.5, 0.6) is 11.5 Å². The highest BCUT2D eigenvalue weighted by atomic mass is 19.1. The zero-order valence-corrected chi connectivity index (χ0v) is 15.5. The molecule has 27 heavy (non-hydrogen) atoms. The van der Waals surface area contributed by atoms with Gasteiger partial charge in [-0.25, -0.2) is 4.98 Å². The lowest BCUT2D eigenvalue weighted by molar-refractivity contribution is 0.102. The quantitative estimate of drug-likeness (QED) is 0.591. The zero-order chi connectivity index (χ0) is 19.4. The summed E-state index contributed by atoms with van der Waals surface area (Å²) in [4.78, 5) is 16.1. The van der Waals surface area contributed by atoms with Crippen LogP contribution in [0.3, 0.4) is 0 Å². The number of amides is 1. The van der Waals surface area contributed by atoms with Gasteiger partial charge in [0.05, 0.1) is 11.3 Å². The summed E-state index contributed by atoms with van der Waals surface area (Å²) in [6, 6.07) is 17.6. The van der Waals surface area contributed by atoms with Crippen LogP contribution in [0, 0.1) is 12.9 Å². The minimum atomic E-state index is -0.608. The van der Waals surface area contributed by atoms with Crippen molar-refractivity contribution in [2.24, 2.45) is 0 Å². The number of halogens is 1. The lowest BCUT2D eigenvalue weighted by atomic mass is 10.0. The first kappa shape index (κ1) is 18.6. The van der Waals surface area contributed by atoms with Crippen LogP contribution in [0.2, 0.25) is 0 Å². The van der Waals surface area contributed by atoms with Crippen LogP contribution in [-0.2, 0) is 0 Å². The molecule has 0 unspecified atom stereocenters. The molecule has 5 heteroatoms. The van der Waals surface area contributed by atoms with E-state index in [0.29, 0.717) is 28.6 Å². The monoisotopic (exact) mass is 364 g/mol. The third kappa shape index (κ3) is 4.70. The van der Waals surface area contributed by atoms with Crippen LogP contribution in [0.4, 0.5) is 10.1 Å². The highest BCUT2D eigenvalue weighted by Crippen LogP contribution is 2.27. The van der Waals surface area contributed by atoms with E-state index < -0.39 is 5.95 Å². The lowest BCUT2D eigenvalue weighted by Gasteiger charge is -2.11. The second kappa shape index (κ2) is 7.99. The van der Waals surface area contributed by atoms with Gasteiger partial charge in [0.25, 0.3) is 5.91 Å². The molecule has 0 saturated carbocycles. The molecule has 4 nitrogen and oxygen atoms in total. The summed E-state index contributed by atoms with van der Waals surface area (Å²) in [6.07, 6.45) is 0. The second-order valence-corrected chi connectivity index (χ2v) is 6.58. The molecule has 1 aromatic heterocycles. The molecule has 0 aliphatic rings. The maximum atomic E-state index is 13.1. The highest BCUT2D eigenvalue weighted by Gasteiger charge is 2.12. The number of anilines is 1. The predicted molar refractivity (Wildman–Crippen MR) is 104 cm³/mol. The molecule has 0 bridgehead atoms. The van der Waals surface area contributed by atoms with Gasteiger partial charge in [-0.15, -0.1) is 0 Å². The van der Waals surface area contributed by atoms with E-state index in [4.69, 9.17) is 4.74 Å². The number of nitrogens with zero attached hydrogens (tertiary/aromatic N) is 1. The SMILES string of the molecule is Cc1nc(F)ccc1C(=O)Nc1cccc(Oc2cccc(C(C)C)c2)c1. The fraction of sp³-hybridized carbons (Fsp3) is 0.182. The van der Waals surface area contributed by atoms with E-state index >= 15 is 0 Å². The minimum absolute atomic E-state index is 0.326. The number of ether oxygens (including phenoxy) is 1. The smallest absolute Gasteiger partial charge is 0.257 e. The van der Waals surface area contributed by atoms with Gasteiger partial charge in [-0.1, -0.05) is 32.0 Å². The Kier molecular flexibility index (Phi) is 5.50. The Bertz CT molecular complexity index is 970. The number of hydrogen-bond donors (Lipinski definition) is 1. The Morgan fingerprint density at radius 2 is 1.74 bits per heavy atom. The number of nitrogens with one attached hydrogen (secondary N) is 1. The van der Waals surface area contributed by atoms with E-state index in [1.54, 1.807) is 25.1 Å². The number of pyridine rings is 1. The first-order chi connectivity index (χ1) is 12.9.